The number of para-hydroxylation sites is 1. The summed E-state index contributed by atoms with van der Waals surface area (Å²) in [6, 6.07) is 14.6. The molecule has 4 N–H and O–H groups in total. The SMILES string of the molecule is Nc1c(C(=O)NCc2ccc(F)cc2)nnn1CC(=O)Nc1ccccc1. The first-order valence-electron chi connectivity index (χ1n) is 8.09. The molecule has 8 nitrogen and oxygen atoms in total. The molecule has 0 saturated heterocycles. The van der Waals surface area contributed by atoms with Crippen LogP contribution in [0.2, 0.25) is 0 Å². The maximum atomic E-state index is 12.9. The summed E-state index contributed by atoms with van der Waals surface area (Å²) in [5.41, 5.74) is 7.16. The molecule has 0 saturated carbocycles. The Bertz CT molecular complexity index is 940. The van der Waals surface area contributed by atoms with Crippen LogP contribution in [0.1, 0.15) is 16.1 Å². The molecule has 1 heterocycles. The van der Waals surface area contributed by atoms with E-state index in [-0.39, 0.29) is 36.3 Å². The van der Waals surface area contributed by atoms with Gasteiger partial charge in [-0.05, 0) is 29.8 Å². The van der Waals surface area contributed by atoms with Gasteiger partial charge in [0, 0.05) is 12.2 Å². The zero-order chi connectivity index (χ0) is 19.2. The Hall–Kier alpha value is -3.75. The van der Waals surface area contributed by atoms with Crippen LogP contribution in [-0.2, 0) is 17.9 Å². The van der Waals surface area contributed by atoms with E-state index in [1.807, 2.05) is 6.07 Å². The second-order valence-electron chi connectivity index (χ2n) is 5.70. The van der Waals surface area contributed by atoms with E-state index in [4.69, 9.17) is 5.73 Å². The van der Waals surface area contributed by atoms with E-state index < -0.39 is 5.91 Å². The predicted octanol–water partition coefficient (Wildman–Crippen LogP) is 1.57. The first-order chi connectivity index (χ1) is 13.0. The lowest BCUT2D eigenvalue weighted by Gasteiger charge is -2.06. The summed E-state index contributed by atoms with van der Waals surface area (Å²) in [7, 11) is 0. The van der Waals surface area contributed by atoms with Crippen molar-refractivity contribution in [2.24, 2.45) is 0 Å². The van der Waals surface area contributed by atoms with Gasteiger partial charge in [0.25, 0.3) is 5.91 Å². The average molecular weight is 368 g/mol. The van der Waals surface area contributed by atoms with E-state index >= 15 is 0 Å². The third-order valence-electron chi connectivity index (χ3n) is 3.71. The molecule has 9 heteroatoms. The fourth-order valence-electron chi connectivity index (χ4n) is 2.33. The Balaban J connectivity index is 1.59. The summed E-state index contributed by atoms with van der Waals surface area (Å²) in [6.07, 6.45) is 0. The van der Waals surface area contributed by atoms with Gasteiger partial charge >= 0.3 is 0 Å². The van der Waals surface area contributed by atoms with Crippen LogP contribution in [-0.4, -0.2) is 26.8 Å². The molecule has 0 bridgehead atoms. The molecular weight excluding hydrogens is 351 g/mol. The van der Waals surface area contributed by atoms with E-state index in [1.54, 1.807) is 36.4 Å². The number of carbonyl (C=O) groups is 2. The number of nitrogens with one attached hydrogen (secondary N) is 2. The van der Waals surface area contributed by atoms with Gasteiger partial charge in [0.1, 0.15) is 12.4 Å². The minimum atomic E-state index is -0.536. The molecule has 3 rings (SSSR count). The van der Waals surface area contributed by atoms with Crippen LogP contribution < -0.4 is 16.4 Å². The van der Waals surface area contributed by atoms with Gasteiger partial charge < -0.3 is 16.4 Å². The Morgan fingerprint density at radius 1 is 1.07 bits per heavy atom. The fourth-order valence-corrected chi connectivity index (χ4v) is 2.33. The quantitative estimate of drug-likeness (QED) is 0.611. The number of nitrogens with zero attached hydrogens (tertiary/aromatic N) is 3. The molecule has 0 radical (unpaired) electrons. The van der Waals surface area contributed by atoms with Crippen molar-refractivity contribution in [3.05, 3.63) is 71.7 Å². The molecule has 0 atom stereocenters. The third-order valence-corrected chi connectivity index (χ3v) is 3.71. The van der Waals surface area contributed by atoms with Crippen LogP contribution in [0.15, 0.2) is 54.6 Å². The Morgan fingerprint density at radius 3 is 2.48 bits per heavy atom. The minimum absolute atomic E-state index is 0.0187. The number of rotatable bonds is 6. The number of aromatic nitrogens is 3. The van der Waals surface area contributed by atoms with Crippen molar-refractivity contribution < 1.29 is 14.0 Å². The lowest BCUT2D eigenvalue weighted by molar-refractivity contribution is -0.116. The van der Waals surface area contributed by atoms with Gasteiger partial charge in [-0.3, -0.25) is 9.59 Å². The molecule has 0 fully saturated rings. The lowest BCUT2D eigenvalue weighted by atomic mass is 10.2. The first kappa shape index (κ1) is 18.1. The number of halogens is 1. The van der Waals surface area contributed by atoms with Gasteiger partial charge in [-0.25, -0.2) is 9.07 Å². The molecule has 3 aromatic rings. The number of benzene rings is 2. The topological polar surface area (TPSA) is 115 Å². The highest BCUT2D eigenvalue weighted by atomic mass is 19.1. The number of anilines is 2. The van der Waals surface area contributed by atoms with Crippen molar-refractivity contribution >= 4 is 23.3 Å². The van der Waals surface area contributed by atoms with Crippen molar-refractivity contribution in [2.45, 2.75) is 13.1 Å². The summed E-state index contributed by atoms with van der Waals surface area (Å²) < 4.78 is 14.0. The van der Waals surface area contributed by atoms with E-state index in [0.29, 0.717) is 5.69 Å². The van der Waals surface area contributed by atoms with Crippen LogP contribution in [0.4, 0.5) is 15.9 Å². The van der Waals surface area contributed by atoms with E-state index in [1.165, 1.54) is 12.1 Å². The summed E-state index contributed by atoms with van der Waals surface area (Å²) in [6.45, 7) is -0.00111. The van der Waals surface area contributed by atoms with Gasteiger partial charge in [0.15, 0.2) is 11.5 Å². The number of hydrogen-bond acceptors (Lipinski definition) is 5. The molecule has 0 unspecified atom stereocenters. The van der Waals surface area contributed by atoms with Crippen molar-refractivity contribution in [3.63, 3.8) is 0 Å². The maximum Gasteiger partial charge on any atom is 0.275 e. The van der Waals surface area contributed by atoms with Crippen molar-refractivity contribution in [2.75, 3.05) is 11.1 Å². The number of amides is 2. The largest absolute Gasteiger partial charge is 0.382 e. The van der Waals surface area contributed by atoms with E-state index in [9.17, 15) is 14.0 Å². The fraction of sp³-hybridized carbons (Fsp3) is 0.111. The summed E-state index contributed by atoms with van der Waals surface area (Å²) >= 11 is 0. The number of carbonyl (C=O) groups excluding carboxylic acids is 2. The van der Waals surface area contributed by atoms with Crippen LogP contribution in [0.5, 0.6) is 0 Å². The van der Waals surface area contributed by atoms with Gasteiger partial charge in [0.05, 0.1) is 0 Å². The number of nitrogen functional groups attached to an aromatic ring is 1. The normalized spacial score (nSPS) is 10.4. The molecule has 0 aliphatic heterocycles. The van der Waals surface area contributed by atoms with Gasteiger partial charge in [0.2, 0.25) is 5.91 Å². The summed E-state index contributed by atoms with van der Waals surface area (Å²) in [5, 5.41) is 12.8. The Morgan fingerprint density at radius 2 is 1.78 bits per heavy atom. The zero-order valence-corrected chi connectivity index (χ0v) is 14.2. The molecule has 0 spiro atoms. The van der Waals surface area contributed by atoms with Crippen LogP contribution in [0, 0.1) is 5.82 Å². The van der Waals surface area contributed by atoms with Gasteiger partial charge in [-0.2, -0.15) is 0 Å². The van der Waals surface area contributed by atoms with Crippen LogP contribution in [0.3, 0.4) is 0 Å². The monoisotopic (exact) mass is 368 g/mol. The Labute approximate surface area is 154 Å². The van der Waals surface area contributed by atoms with Crippen molar-refractivity contribution in [3.8, 4) is 0 Å². The lowest BCUT2D eigenvalue weighted by Crippen LogP contribution is -2.25. The molecule has 0 aliphatic carbocycles. The standard InChI is InChI=1S/C18H17FN6O2/c19-13-8-6-12(7-9-13)10-21-18(27)16-17(20)25(24-23-16)11-15(26)22-14-4-2-1-3-5-14/h1-9H,10-11,20H2,(H,21,27)(H,22,26). The second kappa shape index (κ2) is 8.09. The molecule has 2 amide bonds. The maximum absolute atomic E-state index is 12.9. The van der Waals surface area contributed by atoms with Gasteiger partial charge in [-0.15, -0.1) is 5.10 Å². The highest BCUT2D eigenvalue weighted by molar-refractivity contribution is 5.96. The second-order valence-corrected chi connectivity index (χ2v) is 5.70. The molecule has 1 aromatic heterocycles. The molecule has 2 aromatic carbocycles. The van der Waals surface area contributed by atoms with Crippen LogP contribution in [0.25, 0.3) is 0 Å². The predicted molar refractivity (Wildman–Crippen MR) is 97.1 cm³/mol. The zero-order valence-electron chi connectivity index (χ0n) is 14.2. The number of hydrogen-bond donors (Lipinski definition) is 3. The minimum Gasteiger partial charge on any atom is -0.382 e. The van der Waals surface area contributed by atoms with E-state index in [2.05, 4.69) is 20.9 Å². The number of nitrogens with two attached hydrogens (primary N) is 1. The molecular formula is C18H17FN6O2. The highest BCUT2D eigenvalue weighted by Crippen LogP contribution is 2.10. The summed E-state index contributed by atoms with van der Waals surface area (Å²) in [5.74, 6) is -1.26. The summed E-state index contributed by atoms with van der Waals surface area (Å²) in [4.78, 5) is 24.3. The van der Waals surface area contributed by atoms with Gasteiger partial charge in [-0.1, -0.05) is 35.5 Å². The molecule has 0 aliphatic rings. The van der Waals surface area contributed by atoms with Crippen molar-refractivity contribution in [1.82, 2.24) is 20.3 Å². The van der Waals surface area contributed by atoms with Crippen LogP contribution >= 0.6 is 0 Å². The Kier molecular flexibility index (Phi) is 5.41. The molecule has 138 valence electrons. The highest BCUT2D eigenvalue weighted by Gasteiger charge is 2.18. The average Bonchev–Trinajstić information content (AvgIpc) is 3.02. The molecule has 27 heavy (non-hydrogen) atoms. The van der Waals surface area contributed by atoms with E-state index in [0.717, 1.165) is 10.2 Å². The third kappa shape index (κ3) is 4.66. The smallest absolute Gasteiger partial charge is 0.275 e. The van der Waals surface area contributed by atoms with Crippen molar-refractivity contribution in [1.29, 1.82) is 0 Å². The first-order valence-corrected chi connectivity index (χ1v) is 8.09.